The van der Waals surface area contributed by atoms with E-state index >= 15 is 0 Å². The molecule has 0 heterocycles. The molecular weight excluding hydrogens is 252 g/mol. The molecule has 0 amide bonds. The number of hydrogen-bond acceptors (Lipinski definition) is 3. The van der Waals surface area contributed by atoms with Gasteiger partial charge in [-0.25, -0.2) is 14.4 Å². The molecule has 0 bridgehead atoms. The lowest BCUT2D eigenvalue weighted by Crippen LogP contribution is -1.85. The number of rotatable bonds is 0. The van der Waals surface area contributed by atoms with Crippen LogP contribution in [0.4, 0.5) is 14.4 Å². The van der Waals surface area contributed by atoms with Crippen molar-refractivity contribution >= 4 is 18.5 Å². The van der Waals surface area contributed by atoms with E-state index in [0.717, 1.165) is 0 Å². The van der Waals surface area contributed by atoms with Crippen molar-refractivity contribution in [1.82, 2.24) is 0 Å². The predicted octanol–water partition coefficient (Wildman–Crippen LogP) is 3.01. The summed E-state index contributed by atoms with van der Waals surface area (Å²) >= 11 is 0. The van der Waals surface area contributed by atoms with Crippen molar-refractivity contribution in [2.24, 2.45) is 0 Å². The van der Waals surface area contributed by atoms with Crippen molar-refractivity contribution < 1.29 is 45.0 Å². The molecule has 0 atom stereocenters. The molecule has 1 fully saturated rings. The summed E-state index contributed by atoms with van der Waals surface area (Å²) in [6, 6.07) is 0. The van der Waals surface area contributed by atoms with Gasteiger partial charge in [0, 0.05) is 0 Å². The Bertz CT molecular complexity index is 170. The van der Waals surface area contributed by atoms with Crippen LogP contribution in [0, 0.1) is 0 Å². The number of carbonyl (C=O) groups is 3. The molecule has 1 aliphatic carbocycles. The van der Waals surface area contributed by atoms with Gasteiger partial charge in [-0.1, -0.05) is 38.5 Å². The summed E-state index contributed by atoms with van der Waals surface area (Å²) in [5.74, 6) is 0. The number of carboxylic acid groups (broad SMARTS) is 6. The van der Waals surface area contributed by atoms with Crippen molar-refractivity contribution in [3.8, 4) is 0 Å². The van der Waals surface area contributed by atoms with Crippen LogP contribution in [-0.4, -0.2) is 49.1 Å². The first-order valence-electron chi connectivity index (χ1n) is 4.95. The van der Waals surface area contributed by atoms with E-state index in [1.165, 1.54) is 38.5 Å². The summed E-state index contributed by atoms with van der Waals surface area (Å²) in [7, 11) is 0. The molecule has 0 saturated heterocycles. The molecule has 0 aromatic carbocycles. The fourth-order valence-electron chi connectivity index (χ4n) is 1.06. The smallest absolute Gasteiger partial charge is 0.450 e. The summed E-state index contributed by atoms with van der Waals surface area (Å²) in [6.07, 6.45) is 3.50. The fraction of sp³-hybridized carbons (Fsp3) is 0.667. The molecule has 0 aliphatic heterocycles. The van der Waals surface area contributed by atoms with Crippen molar-refractivity contribution in [2.75, 3.05) is 0 Å². The van der Waals surface area contributed by atoms with Crippen molar-refractivity contribution in [3.63, 3.8) is 0 Å². The van der Waals surface area contributed by atoms with Gasteiger partial charge in [-0.3, -0.25) is 0 Å². The van der Waals surface area contributed by atoms with Gasteiger partial charge in [0.1, 0.15) is 0 Å². The zero-order chi connectivity index (χ0) is 15.0. The molecule has 0 aromatic heterocycles. The maximum Gasteiger partial charge on any atom is 0.503 e. The van der Waals surface area contributed by atoms with Gasteiger partial charge in [-0.05, 0) is 0 Å². The Morgan fingerprint density at radius 1 is 0.444 bits per heavy atom. The van der Waals surface area contributed by atoms with E-state index < -0.39 is 18.5 Å². The van der Waals surface area contributed by atoms with Crippen LogP contribution in [-0.2, 0) is 0 Å². The van der Waals surface area contributed by atoms with E-state index in [1.807, 2.05) is 0 Å². The monoisotopic (exact) mass is 270 g/mol. The third-order valence-corrected chi connectivity index (χ3v) is 1.50. The molecule has 1 saturated carbocycles. The van der Waals surface area contributed by atoms with Crippen LogP contribution in [0.3, 0.4) is 0 Å². The van der Waals surface area contributed by atoms with Crippen LogP contribution in [0.1, 0.15) is 38.5 Å². The van der Waals surface area contributed by atoms with Gasteiger partial charge in [-0.2, -0.15) is 0 Å². The molecule has 9 heteroatoms. The van der Waals surface area contributed by atoms with Gasteiger partial charge >= 0.3 is 18.5 Å². The first-order valence-corrected chi connectivity index (χ1v) is 4.95. The minimum atomic E-state index is -1.83. The molecular formula is C9H18O9. The zero-order valence-corrected chi connectivity index (χ0v) is 9.65. The molecule has 18 heavy (non-hydrogen) atoms. The van der Waals surface area contributed by atoms with Crippen molar-refractivity contribution in [1.29, 1.82) is 0 Å². The summed E-state index contributed by atoms with van der Waals surface area (Å²) in [5.41, 5.74) is 0. The molecule has 0 aromatic rings. The highest BCUT2D eigenvalue weighted by Crippen LogP contribution is 2.15. The molecule has 1 rings (SSSR count). The summed E-state index contributed by atoms with van der Waals surface area (Å²) in [5, 5.41) is 41.8. The summed E-state index contributed by atoms with van der Waals surface area (Å²) < 4.78 is 0. The molecule has 6 N–H and O–H groups in total. The topological polar surface area (TPSA) is 173 Å². The molecule has 9 nitrogen and oxygen atoms in total. The third kappa shape index (κ3) is 156. The van der Waals surface area contributed by atoms with Gasteiger partial charge in [0.05, 0.1) is 0 Å². The van der Waals surface area contributed by atoms with Crippen LogP contribution in [0.2, 0.25) is 0 Å². The highest BCUT2D eigenvalue weighted by molar-refractivity contribution is 5.53. The van der Waals surface area contributed by atoms with E-state index in [4.69, 9.17) is 45.0 Å². The van der Waals surface area contributed by atoms with E-state index in [1.54, 1.807) is 0 Å². The Morgan fingerprint density at radius 2 is 0.500 bits per heavy atom. The highest BCUT2D eigenvalue weighted by Gasteiger charge is 1.95. The second-order valence-electron chi connectivity index (χ2n) is 2.97. The molecule has 0 unspecified atom stereocenters. The van der Waals surface area contributed by atoms with Gasteiger partial charge in [0.25, 0.3) is 0 Å². The third-order valence-electron chi connectivity index (χ3n) is 1.50. The zero-order valence-electron chi connectivity index (χ0n) is 9.65. The van der Waals surface area contributed by atoms with Gasteiger partial charge in [0.15, 0.2) is 0 Å². The van der Waals surface area contributed by atoms with Crippen LogP contribution >= 0.6 is 0 Å². The molecule has 0 spiro atoms. The number of hydrogen-bond donors (Lipinski definition) is 6. The second-order valence-corrected chi connectivity index (χ2v) is 2.97. The van der Waals surface area contributed by atoms with Gasteiger partial charge in [0.2, 0.25) is 0 Å². The molecule has 0 radical (unpaired) electrons. The standard InChI is InChI=1S/C6H12.3CH2O3/c1-2-4-6-5-3-1;3*2-1(3)4/h1-6H2;3*(H2,2,3,4). The largest absolute Gasteiger partial charge is 0.503 e. The quantitative estimate of drug-likeness (QED) is 0.386. The van der Waals surface area contributed by atoms with Crippen LogP contribution in [0.15, 0.2) is 0 Å². The van der Waals surface area contributed by atoms with Gasteiger partial charge < -0.3 is 30.6 Å². The second kappa shape index (κ2) is 17.2. The maximum absolute atomic E-state index is 8.56. The lowest BCUT2D eigenvalue weighted by Gasteiger charge is -2.05. The first kappa shape index (κ1) is 21.1. The lowest BCUT2D eigenvalue weighted by molar-refractivity contribution is 0.135. The van der Waals surface area contributed by atoms with E-state index in [9.17, 15) is 0 Å². The fourth-order valence-corrected chi connectivity index (χ4v) is 1.06. The maximum atomic E-state index is 8.56. The predicted molar refractivity (Wildman–Crippen MR) is 59.7 cm³/mol. The van der Waals surface area contributed by atoms with E-state index in [0.29, 0.717) is 0 Å². The normalized spacial score (nSPS) is 12.0. The lowest BCUT2D eigenvalue weighted by atomic mass is 10.0. The minimum Gasteiger partial charge on any atom is -0.450 e. The minimum absolute atomic E-state index is 1.50. The van der Waals surface area contributed by atoms with Crippen LogP contribution in [0.5, 0.6) is 0 Å². The summed E-state index contributed by atoms with van der Waals surface area (Å²) in [6.45, 7) is 0. The van der Waals surface area contributed by atoms with Crippen LogP contribution < -0.4 is 0 Å². The highest BCUT2D eigenvalue weighted by atomic mass is 16.6. The Balaban J connectivity index is -0.000000171. The SMILES string of the molecule is C1CCCCC1.O=C(O)O.O=C(O)O.O=C(O)O. The van der Waals surface area contributed by atoms with Crippen molar-refractivity contribution in [3.05, 3.63) is 0 Å². The Labute approximate surface area is 103 Å². The summed E-state index contributed by atoms with van der Waals surface area (Å²) in [4.78, 5) is 25.7. The Kier molecular flexibility index (Phi) is 20.2. The average molecular weight is 270 g/mol. The van der Waals surface area contributed by atoms with Crippen LogP contribution in [0.25, 0.3) is 0 Å². The van der Waals surface area contributed by atoms with E-state index in [2.05, 4.69) is 0 Å². The Morgan fingerprint density at radius 3 is 0.556 bits per heavy atom. The molecule has 108 valence electrons. The first-order chi connectivity index (χ1) is 8.20. The average Bonchev–Trinajstić information content (AvgIpc) is 2.17. The van der Waals surface area contributed by atoms with Gasteiger partial charge in [-0.15, -0.1) is 0 Å². The molecule has 1 aliphatic rings. The Hall–Kier alpha value is -2.19. The van der Waals surface area contributed by atoms with Crippen molar-refractivity contribution in [2.45, 2.75) is 38.5 Å². The van der Waals surface area contributed by atoms with E-state index in [-0.39, 0.29) is 0 Å².